The van der Waals surface area contributed by atoms with Crippen LogP contribution in [-0.2, 0) is 0 Å². The fourth-order valence-electron chi connectivity index (χ4n) is 6.19. The molecule has 1 saturated carbocycles. The van der Waals surface area contributed by atoms with E-state index in [1.54, 1.807) is 0 Å². The molecule has 0 amide bonds. The second kappa shape index (κ2) is 10.1. The zero-order valence-corrected chi connectivity index (χ0v) is 21.7. The van der Waals surface area contributed by atoms with E-state index in [0.29, 0.717) is 23.4 Å². The van der Waals surface area contributed by atoms with E-state index in [4.69, 9.17) is 11.6 Å². The van der Waals surface area contributed by atoms with Gasteiger partial charge in [0.15, 0.2) is 0 Å². The maximum atomic E-state index is 13.4. The summed E-state index contributed by atoms with van der Waals surface area (Å²) < 4.78 is 0.953. The van der Waals surface area contributed by atoms with Gasteiger partial charge in [0.05, 0.1) is 5.60 Å². The highest BCUT2D eigenvalue weighted by molar-refractivity contribution is 9.10. The predicted octanol–water partition coefficient (Wildman–Crippen LogP) is 6.53. The Labute approximate surface area is 214 Å². The molecule has 3 unspecified atom stereocenters. The minimum atomic E-state index is -1.02. The summed E-state index contributed by atoms with van der Waals surface area (Å²) >= 11 is 9.74. The molecule has 2 aromatic carbocycles. The molecule has 0 radical (unpaired) electrons. The number of fused-ring (bicyclic) bond motifs is 1. The van der Waals surface area contributed by atoms with Crippen LogP contribution in [0.4, 0.5) is 0 Å². The largest absolute Gasteiger partial charge is 0.389 e. The molecule has 180 valence electrons. The molecule has 1 aromatic heterocycles. The van der Waals surface area contributed by atoms with Crippen molar-refractivity contribution >= 4 is 38.4 Å². The lowest BCUT2D eigenvalue weighted by molar-refractivity contribution is -0.0223. The number of hydrogen-bond donors (Lipinski definition) is 3. The average Bonchev–Trinajstić information content (AvgIpc) is 2.82. The first kappa shape index (κ1) is 24.1. The average molecular weight is 544 g/mol. The summed E-state index contributed by atoms with van der Waals surface area (Å²) in [6.07, 6.45) is 8.87. The highest BCUT2D eigenvalue weighted by Gasteiger charge is 2.44. The third kappa shape index (κ3) is 5.13. The molecule has 6 heteroatoms. The molecule has 2 aliphatic rings. The molecule has 34 heavy (non-hydrogen) atoms. The zero-order chi connectivity index (χ0) is 23.7. The van der Waals surface area contributed by atoms with Crippen molar-refractivity contribution in [1.29, 1.82) is 0 Å². The molecular formula is C28H32BrClN2O2. The number of benzene rings is 2. The van der Waals surface area contributed by atoms with E-state index >= 15 is 0 Å². The van der Waals surface area contributed by atoms with Gasteiger partial charge >= 0.3 is 0 Å². The van der Waals surface area contributed by atoms with E-state index in [1.165, 1.54) is 32.1 Å². The Morgan fingerprint density at radius 2 is 1.85 bits per heavy atom. The van der Waals surface area contributed by atoms with Gasteiger partial charge in [-0.1, -0.05) is 71.8 Å². The smallest absolute Gasteiger partial charge is 0.252 e. The van der Waals surface area contributed by atoms with Crippen LogP contribution in [0.15, 0.2) is 57.8 Å². The van der Waals surface area contributed by atoms with Gasteiger partial charge in [-0.05, 0) is 79.1 Å². The maximum Gasteiger partial charge on any atom is 0.252 e. The van der Waals surface area contributed by atoms with Crippen LogP contribution < -0.4 is 10.9 Å². The highest BCUT2D eigenvalue weighted by atomic mass is 79.9. The van der Waals surface area contributed by atoms with Crippen molar-refractivity contribution in [2.24, 2.45) is 5.92 Å². The lowest BCUT2D eigenvalue weighted by Gasteiger charge is -2.44. The summed E-state index contributed by atoms with van der Waals surface area (Å²) in [6, 6.07) is 15.6. The van der Waals surface area contributed by atoms with Crippen molar-refractivity contribution < 1.29 is 5.11 Å². The summed E-state index contributed by atoms with van der Waals surface area (Å²) in [5.74, 6) is 0.289. The molecule has 0 bridgehead atoms. The number of pyridine rings is 1. The number of hydrogen-bond acceptors (Lipinski definition) is 3. The highest BCUT2D eigenvalue weighted by Crippen LogP contribution is 2.42. The Morgan fingerprint density at radius 1 is 1.09 bits per heavy atom. The van der Waals surface area contributed by atoms with Crippen molar-refractivity contribution in [2.75, 3.05) is 6.54 Å². The zero-order valence-electron chi connectivity index (χ0n) is 19.3. The fraction of sp³-hybridized carbons (Fsp3) is 0.464. The van der Waals surface area contributed by atoms with Crippen LogP contribution >= 0.6 is 27.5 Å². The Morgan fingerprint density at radius 3 is 2.62 bits per heavy atom. The first-order valence-corrected chi connectivity index (χ1v) is 13.6. The number of aliphatic hydroxyl groups is 1. The van der Waals surface area contributed by atoms with Crippen LogP contribution in [-0.4, -0.2) is 28.3 Å². The fourth-order valence-corrected chi connectivity index (χ4v) is 6.70. The van der Waals surface area contributed by atoms with Crippen molar-refractivity contribution in [3.63, 3.8) is 0 Å². The number of H-pyrrole nitrogens is 1. The predicted molar refractivity (Wildman–Crippen MR) is 143 cm³/mol. The lowest BCUT2D eigenvalue weighted by atomic mass is 9.69. The number of nitrogens with one attached hydrogen (secondary N) is 2. The van der Waals surface area contributed by atoms with Crippen molar-refractivity contribution in [3.8, 4) is 0 Å². The molecule has 3 aromatic rings. The van der Waals surface area contributed by atoms with Crippen LogP contribution in [0.3, 0.4) is 0 Å². The van der Waals surface area contributed by atoms with E-state index in [1.807, 2.05) is 48.5 Å². The van der Waals surface area contributed by atoms with E-state index in [0.717, 1.165) is 39.8 Å². The Balaban J connectivity index is 1.55. The van der Waals surface area contributed by atoms with Gasteiger partial charge in [0.2, 0.25) is 0 Å². The Bertz CT molecular complexity index is 1210. The summed E-state index contributed by atoms with van der Waals surface area (Å²) in [7, 11) is 0. The summed E-state index contributed by atoms with van der Waals surface area (Å²) in [4.78, 5) is 16.4. The standard InChI is InChI=1S/C28H32BrClN2O2/c29-21-8-11-25-20(15-21)16-24(27(33)32-25)26(19-6-9-22(30)10-7-19)28(34)12-13-31-23(17-28)14-18-4-2-1-3-5-18/h6-11,15-16,18,23,26,31,34H,1-5,12-14,17H2,(H,32,33). The second-order valence-corrected chi connectivity index (χ2v) is 11.6. The van der Waals surface area contributed by atoms with Gasteiger partial charge in [-0.25, -0.2) is 0 Å². The van der Waals surface area contributed by atoms with Gasteiger partial charge in [0.25, 0.3) is 5.56 Å². The van der Waals surface area contributed by atoms with Gasteiger partial charge in [-0.2, -0.15) is 0 Å². The molecule has 3 N–H and O–H groups in total. The first-order chi connectivity index (χ1) is 16.4. The van der Waals surface area contributed by atoms with E-state index in [-0.39, 0.29) is 11.6 Å². The molecular weight excluding hydrogens is 512 g/mol. The Hall–Kier alpha value is -1.66. The van der Waals surface area contributed by atoms with E-state index < -0.39 is 11.5 Å². The summed E-state index contributed by atoms with van der Waals surface area (Å²) in [6.45, 7) is 0.745. The van der Waals surface area contributed by atoms with E-state index in [2.05, 4.69) is 26.2 Å². The number of rotatable bonds is 5. The van der Waals surface area contributed by atoms with Crippen molar-refractivity contribution in [2.45, 2.75) is 68.9 Å². The third-order valence-electron chi connectivity index (χ3n) is 7.82. The molecule has 5 rings (SSSR count). The topological polar surface area (TPSA) is 65.1 Å². The van der Waals surface area contributed by atoms with E-state index in [9.17, 15) is 9.90 Å². The van der Waals surface area contributed by atoms with Crippen LogP contribution in [0.1, 0.15) is 68.4 Å². The van der Waals surface area contributed by atoms with Gasteiger partial charge in [0.1, 0.15) is 0 Å². The SMILES string of the molecule is O=c1[nH]c2ccc(Br)cc2cc1C(c1ccc(Cl)cc1)C1(O)CCNC(CC2CCCCC2)C1. The molecule has 1 aliphatic carbocycles. The third-order valence-corrected chi connectivity index (χ3v) is 8.57. The minimum absolute atomic E-state index is 0.148. The lowest BCUT2D eigenvalue weighted by Crippen LogP contribution is -2.52. The van der Waals surface area contributed by atoms with Crippen LogP contribution in [0.5, 0.6) is 0 Å². The van der Waals surface area contributed by atoms with Crippen molar-refractivity contribution in [3.05, 3.63) is 79.5 Å². The number of aromatic amines is 1. The maximum absolute atomic E-state index is 13.4. The first-order valence-electron chi connectivity index (χ1n) is 12.4. The Kier molecular flexibility index (Phi) is 7.17. The molecule has 0 spiro atoms. The van der Waals surface area contributed by atoms with Crippen LogP contribution in [0.2, 0.25) is 5.02 Å². The van der Waals surface area contributed by atoms with Crippen LogP contribution in [0.25, 0.3) is 10.9 Å². The van der Waals surface area contributed by atoms with Crippen molar-refractivity contribution in [1.82, 2.24) is 10.3 Å². The van der Waals surface area contributed by atoms with Gasteiger partial charge in [0, 0.05) is 32.5 Å². The second-order valence-electron chi connectivity index (χ2n) is 10.2. The summed E-state index contributed by atoms with van der Waals surface area (Å²) in [5, 5.41) is 17.5. The van der Waals surface area contributed by atoms with Crippen LogP contribution in [0, 0.1) is 5.92 Å². The quantitative estimate of drug-likeness (QED) is 0.343. The molecule has 4 nitrogen and oxygen atoms in total. The number of piperidine rings is 1. The molecule has 3 atom stereocenters. The molecule has 1 aliphatic heterocycles. The summed E-state index contributed by atoms with van der Waals surface area (Å²) in [5.41, 5.74) is 1.15. The van der Waals surface area contributed by atoms with Gasteiger partial charge < -0.3 is 15.4 Å². The molecule has 2 fully saturated rings. The molecule has 1 saturated heterocycles. The monoisotopic (exact) mass is 542 g/mol. The minimum Gasteiger partial charge on any atom is -0.389 e. The normalized spacial score (nSPS) is 24.9. The molecule has 2 heterocycles. The van der Waals surface area contributed by atoms with Gasteiger partial charge in [-0.15, -0.1) is 0 Å². The van der Waals surface area contributed by atoms with Gasteiger partial charge in [-0.3, -0.25) is 4.79 Å². The number of aromatic nitrogens is 1. The number of halogens is 2.